The van der Waals surface area contributed by atoms with Crippen molar-refractivity contribution in [2.24, 2.45) is 0 Å². The zero-order valence-electron chi connectivity index (χ0n) is 17.4. The number of rotatable bonds is 8. The van der Waals surface area contributed by atoms with Gasteiger partial charge in [0.1, 0.15) is 5.82 Å². The van der Waals surface area contributed by atoms with Gasteiger partial charge in [0.25, 0.3) is 0 Å². The quantitative estimate of drug-likeness (QED) is 0.662. The number of aryl methyl sites for hydroxylation is 1. The third-order valence-corrected chi connectivity index (χ3v) is 5.96. The van der Waals surface area contributed by atoms with Gasteiger partial charge in [-0.2, -0.15) is 4.98 Å². The van der Waals surface area contributed by atoms with Crippen LogP contribution in [0.25, 0.3) is 0 Å². The first-order chi connectivity index (χ1) is 14.2. The number of hydrogen-bond donors (Lipinski definition) is 2. The molecule has 0 bridgehead atoms. The van der Waals surface area contributed by atoms with Gasteiger partial charge in [0, 0.05) is 25.1 Å². The van der Waals surface area contributed by atoms with Gasteiger partial charge >= 0.3 is 0 Å². The molecule has 1 atom stereocenters. The second-order valence-electron chi connectivity index (χ2n) is 7.80. The molecular weight excluding hydrogens is 366 g/mol. The molecule has 2 heterocycles. The molecule has 7 nitrogen and oxygen atoms in total. The Morgan fingerprint density at radius 3 is 2.79 bits per heavy atom. The van der Waals surface area contributed by atoms with E-state index in [0.29, 0.717) is 18.4 Å². The van der Waals surface area contributed by atoms with E-state index in [4.69, 9.17) is 15.2 Å². The fraction of sp³-hybridized carbons (Fsp3) is 0.545. The number of benzene rings is 1. The van der Waals surface area contributed by atoms with E-state index < -0.39 is 0 Å². The molecule has 29 heavy (non-hydrogen) atoms. The molecule has 156 valence electrons. The average Bonchev–Trinajstić information content (AvgIpc) is 3.41. The maximum absolute atomic E-state index is 6.28. The summed E-state index contributed by atoms with van der Waals surface area (Å²) in [6, 6.07) is 6.18. The highest BCUT2D eigenvalue weighted by atomic mass is 16.5. The molecule has 1 fully saturated rings. The summed E-state index contributed by atoms with van der Waals surface area (Å²) in [6.45, 7) is 4.23. The number of aromatic nitrogens is 2. The third kappa shape index (κ3) is 4.24. The highest BCUT2D eigenvalue weighted by Gasteiger charge is 2.29. The van der Waals surface area contributed by atoms with Crippen LogP contribution in [0.2, 0.25) is 0 Å². The van der Waals surface area contributed by atoms with Crippen LogP contribution in [-0.2, 0) is 6.42 Å². The number of nitrogen functional groups attached to an aromatic ring is 1. The molecule has 1 aliphatic carbocycles. The predicted octanol–water partition coefficient (Wildman–Crippen LogP) is 3.05. The summed E-state index contributed by atoms with van der Waals surface area (Å²) in [5.74, 6) is 2.90. The van der Waals surface area contributed by atoms with Crippen LogP contribution < -0.4 is 20.5 Å². The van der Waals surface area contributed by atoms with Crippen LogP contribution in [0, 0.1) is 0 Å². The molecule has 2 aromatic rings. The number of ether oxygens (including phenoxy) is 2. The number of likely N-dealkylation sites (tertiary alicyclic amines) is 1. The van der Waals surface area contributed by atoms with Crippen molar-refractivity contribution in [3.63, 3.8) is 0 Å². The highest BCUT2D eigenvalue weighted by molar-refractivity contribution is 5.56. The minimum atomic E-state index is 0.189. The van der Waals surface area contributed by atoms with Crippen LogP contribution in [0.3, 0.4) is 0 Å². The van der Waals surface area contributed by atoms with Crippen molar-refractivity contribution in [3.8, 4) is 11.5 Å². The molecule has 0 saturated carbocycles. The second kappa shape index (κ2) is 8.86. The fourth-order valence-corrected chi connectivity index (χ4v) is 4.48. The highest BCUT2D eigenvalue weighted by Crippen LogP contribution is 2.42. The minimum absolute atomic E-state index is 0.189. The van der Waals surface area contributed by atoms with E-state index in [1.54, 1.807) is 7.11 Å². The Morgan fingerprint density at radius 2 is 2.03 bits per heavy atom. The molecule has 1 aromatic heterocycles. The van der Waals surface area contributed by atoms with Crippen LogP contribution in [0.1, 0.15) is 48.4 Å². The van der Waals surface area contributed by atoms with Crippen molar-refractivity contribution in [3.05, 3.63) is 35.0 Å². The maximum Gasteiger partial charge on any atom is 0.224 e. The minimum Gasteiger partial charge on any atom is -0.493 e. The van der Waals surface area contributed by atoms with Gasteiger partial charge in [0.05, 0.1) is 19.4 Å². The van der Waals surface area contributed by atoms with E-state index in [1.807, 2.05) is 13.1 Å². The van der Waals surface area contributed by atoms with Crippen LogP contribution in [0.4, 0.5) is 11.8 Å². The van der Waals surface area contributed by atoms with E-state index in [9.17, 15) is 0 Å². The summed E-state index contributed by atoms with van der Waals surface area (Å²) in [5, 5.41) is 2.98. The lowest BCUT2D eigenvalue weighted by Crippen LogP contribution is -2.22. The lowest BCUT2D eigenvalue weighted by Gasteiger charge is -2.18. The molecule has 1 unspecified atom stereocenters. The molecule has 0 spiro atoms. The van der Waals surface area contributed by atoms with E-state index in [0.717, 1.165) is 48.6 Å². The van der Waals surface area contributed by atoms with Gasteiger partial charge in [-0.25, -0.2) is 4.98 Å². The van der Waals surface area contributed by atoms with Crippen LogP contribution in [0.5, 0.6) is 11.5 Å². The molecular formula is C22H31N5O2. The fourth-order valence-electron chi connectivity index (χ4n) is 4.48. The average molecular weight is 398 g/mol. The number of anilines is 2. The van der Waals surface area contributed by atoms with Gasteiger partial charge in [0.2, 0.25) is 5.95 Å². The van der Waals surface area contributed by atoms with E-state index >= 15 is 0 Å². The first kappa shape index (κ1) is 19.8. The summed E-state index contributed by atoms with van der Waals surface area (Å²) in [5.41, 5.74) is 9.54. The number of methoxy groups -OCH3 is 1. The Bertz CT molecular complexity index is 851. The number of nitrogens with zero attached hydrogens (tertiary/aromatic N) is 3. The first-order valence-corrected chi connectivity index (χ1v) is 10.6. The van der Waals surface area contributed by atoms with Gasteiger partial charge < -0.3 is 25.4 Å². The summed E-state index contributed by atoms with van der Waals surface area (Å²) >= 11 is 0. The van der Waals surface area contributed by atoms with E-state index in [2.05, 4.69) is 32.3 Å². The Hall–Kier alpha value is -2.54. The van der Waals surface area contributed by atoms with Crippen molar-refractivity contribution in [2.45, 2.75) is 38.0 Å². The summed E-state index contributed by atoms with van der Waals surface area (Å²) in [6.07, 6.45) is 5.54. The molecule has 3 N–H and O–H groups in total. The number of fused-ring (bicyclic) bond motifs is 1. The zero-order valence-corrected chi connectivity index (χ0v) is 17.4. The smallest absolute Gasteiger partial charge is 0.224 e. The number of hydrogen-bond acceptors (Lipinski definition) is 7. The van der Waals surface area contributed by atoms with Crippen molar-refractivity contribution >= 4 is 11.8 Å². The Kier molecular flexibility index (Phi) is 6.04. The molecule has 4 rings (SSSR count). The van der Waals surface area contributed by atoms with Crippen LogP contribution in [-0.4, -0.2) is 55.3 Å². The van der Waals surface area contributed by atoms with Gasteiger partial charge in [0.15, 0.2) is 11.5 Å². The molecule has 1 aromatic carbocycles. The monoisotopic (exact) mass is 397 g/mol. The zero-order chi connectivity index (χ0) is 20.2. The van der Waals surface area contributed by atoms with E-state index in [-0.39, 0.29) is 5.92 Å². The largest absolute Gasteiger partial charge is 0.493 e. The Morgan fingerprint density at radius 1 is 1.21 bits per heavy atom. The molecule has 7 heteroatoms. The standard InChI is InChI=1S/C22H31N5O2/c1-24-22-25-17-8-7-16(20(17)21(23)26-22)15-6-9-18(28-2)19(14-15)29-13-5-12-27-10-3-4-11-27/h6,9,14,16H,3-5,7-8,10-13H2,1-2H3,(H3,23,24,25,26). The van der Waals surface area contributed by atoms with Crippen molar-refractivity contribution in [1.29, 1.82) is 0 Å². The summed E-state index contributed by atoms with van der Waals surface area (Å²) < 4.78 is 11.6. The van der Waals surface area contributed by atoms with Gasteiger partial charge in [-0.05, 0) is 62.9 Å². The molecule has 0 amide bonds. The van der Waals surface area contributed by atoms with Crippen LogP contribution >= 0.6 is 0 Å². The topological polar surface area (TPSA) is 85.5 Å². The molecule has 1 saturated heterocycles. The van der Waals surface area contributed by atoms with Gasteiger partial charge in [-0.1, -0.05) is 6.07 Å². The lowest BCUT2D eigenvalue weighted by molar-refractivity contribution is 0.254. The first-order valence-electron chi connectivity index (χ1n) is 10.6. The van der Waals surface area contributed by atoms with Crippen molar-refractivity contribution < 1.29 is 9.47 Å². The van der Waals surface area contributed by atoms with Crippen molar-refractivity contribution in [2.75, 3.05) is 51.4 Å². The van der Waals surface area contributed by atoms with Gasteiger partial charge in [-0.15, -0.1) is 0 Å². The molecule has 1 aliphatic heterocycles. The normalized spacial score (nSPS) is 18.6. The lowest BCUT2D eigenvalue weighted by atomic mass is 9.93. The Labute approximate surface area is 172 Å². The van der Waals surface area contributed by atoms with Crippen LogP contribution in [0.15, 0.2) is 18.2 Å². The van der Waals surface area contributed by atoms with E-state index in [1.165, 1.54) is 31.5 Å². The molecule has 2 aliphatic rings. The van der Waals surface area contributed by atoms with Gasteiger partial charge in [-0.3, -0.25) is 0 Å². The van der Waals surface area contributed by atoms with Crippen molar-refractivity contribution in [1.82, 2.24) is 14.9 Å². The number of nitrogens with two attached hydrogens (primary N) is 1. The molecule has 0 radical (unpaired) electrons. The third-order valence-electron chi connectivity index (χ3n) is 5.96. The summed E-state index contributed by atoms with van der Waals surface area (Å²) in [7, 11) is 3.49. The maximum atomic E-state index is 6.28. The SMILES string of the molecule is CNc1nc(N)c2c(n1)CCC2c1ccc(OC)c(OCCCN2CCCC2)c1. The Balaban J connectivity index is 1.49. The summed E-state index contributed by atoms with van der Waals surface area (Å²) in [4.78, 5) is 11.5. The second-order valence-corrected chi connectivity index (χ2v) is 7.80. The predicted molar refractivity (Wildman–Crippen MR) is 115 cm³/mol. The number of nitrogens with one attached hydrogen (secondary N) is 1.